The van der Waals surface area contributed by atoms with Gasteiger partial charge in [0.15, 0.2) is 0 Å². The van der Waals surface area contributed by atoms with E-state index in [2.05, 4.69) is 0 Å². The van der Waals surface area contributed by atoms with Crippen molar-refractivity contribution in [1.82, 2.24) is 4.90 Å². The summed E-state index contributed by atoms with van der Waals surface area (Å²) < 4.78 is 16.1. The number of amides is 1. The van der Waals surface area contributed by atoms with Crippen LogP contribution in [0.25, 0.3) is 0 Å². The molecule has 2 aromatic rings. The summed E-state index contributed by atoms with van der Waals surface area (Å²) in [5, 5.41) is 0. The SMILES string of the molecule is COc1ccc(OC)c(C(=O)N(C)CCOc2ccc(C)cc2)c1. The minimum Gasteiger partial charge on any atom is -0.497 e. The van der Waals surface area contributed by atoms with Gasteiger partial charge in [-0.3, -0.25) is 4.79 Å². The molecule has 0 aromatic heterocycles. The van der Waals surface area contributed by atoms with E-state index in [4.69, 9.17) is 14.2 Å². The van der Waals surface area contributed by atoms with Crippen LogP contribution in [0, 0.1) is 6.92 Å². The van der Waals surface area contributed by atoms with Gasteiger partial charge in [0.1, 0.15) is 23.9 Å². The summed E-state index contributed by atoms with van der Waals surface area (Å²) in [6, 6.07) is 13.0. The molecule has 0 aliphatic carbocycles. The second-order valence-corrected chi connectivity index (χ2v) is 5.45. The van der Waals surface area contributed by atoms with Crippen molar-refractivity contribution in [3.05, 3.63) is 53.6 Å². The molecule has 0 bridgehead atoms. The average molecular weight is 329 g/mol. The van der Waals surface area contributed by atoms with Crippen molar-refractivity contribution < 1.29 is 19.0 Å². The topological polar surface area (TPSA) is 48.0 Å². The van der Waals surface area contributed by atoms with Crippen molar-refractivity contribution in [3.63, 3.8) is 0 Å². The van der Waals surface area contributed by atoms with Crippen molar-refractivity contribution in [2.45, 2.75) is 6.92 Å². The lowest BCUT2D eigenvalue weighted by molar-refractivity contribution is 0.0770. The molecule has 0 radical (unpaired) electrons. The van der Waals surface area contributed by atoms with E-state index in [9.17, 15) is 4.79 Å². The molecule has 0 fully saturated rings. The Morgan fingerprint density at radius 1 is 1.00 bits per heavy atom. The lowest BCUT2D eigenvalue weighted by atomic mass is 10.1. The number of carbonyl (C=O) groups excluding carboxylic acids is 1. The first-order chi connectivity index (χ1) is 11.5. The monoisotopic (exact) mass is 329 g/mol. The molecule has 0 N–H and O–H groups in total. The van der Waals surface area contributed by atoms with Gasteiger partial charge in [-0.2, -0.15) is 0 Å². The molecule has 0 unspecified atom stereocenters. The Kier molecular flexibility index (Phi) is 6.07. The van der Waals surface area contributed by atoms with Crippen LogP contribution in [0.2, 0.25) is 0 Å². The highest BCUT2D eigenvalue weighted by Gasteiger charge is 2.17. The normalized spacial score (nSPS) is 10.2. The number of methoxy groups -OCH3 is 2. The zero-order valence-electron chi connectivity index (χ0n) is 14.5. The first-order valence-electron chi connectivity index (χ1n) is 7.72. The van der Waals surface area contributed by atoms with Gasteiger partial charge in [0, 0.05) is 7.05 Å². The van der Waals surface area contributed by atoms with E-state index < -0.39 is 0 Å². The molecule has 1 amide bonds. The largest absolute Gasteiger partial charge is 0.497 e. The molecule has 128 valence electrons. The summed E-state index contributed by atoms with van der Waals surface area (Å²) in [7, 11) is 4.84. The van der Waals surface area contributed by atoms with Crippen molar-refractivity contribution in [3.8, 4) is 17.2 Å². The minimum atomic E-state index is -0.141. The van der Waals surface area contributed by atoms with Crippen molar-refractivity contribution in [1.29, 1.82) is 0 Å². The van der Waals surface area contributed by atoms with Gasteiger partial charge in [-0.15, -0.1) is 0 Å². The molecule has 0 saturated heterocycles. The number of hydrogen-bond acceptors (Lipinski definition) is 4. The predicted octanol–water partition coefficient (Wildman–Crippen LogP) is 3.16. The van der Waals surface area contributed by atoms with E-state index in [0.717, 1.165) is 5.75 Å². The predicted molar refractivity (Wildman–Crippen MR) is 93.2 cm³/mol. The fraction of sp³-hybridized carbons (Fsp3) is 0.316. The molecule has 0 saturated carbocycles. The quantitative estimate of drug-likeness (QED) is 0.783. The summed E-state index contributed by atoms with van der Waals surface area (Å²) in [4.78, 5) is 14.2. The smallest absolute Gasteiger partial charge is 0.257 e. The van der Waals surface area contributed by atoms with Gasteiger partial charge in [-0.25, -0.2) is 0 Å². The molecule has 24 heavy (non-hydrogen) atoms. The van der Waals surface area contributed by atoms with Crippen LogP contribution < -0.4 is 14.2 Å². The first kappa shape index (κ1) is 17.7. The second kappa shape index (κ2) is 8.24. The van der Waals surface area contributed by atoms with Gasteiger partial charge in [-0.1, -0.05) is 17.7 Å². The van der Waals surface area contributed by atoms with Crippen LogP contribution in [0.1, 0.15) is 15.9 Å². The number of nitrogens with zero attached hydrogens (tertiary/aromatic N) is 1. The average Bonchev–Trinajstić information content (AvgIpc) is 2.62. The van der Waals surface area contributed by atoms with Gasteiger partial charge < -0.3 is 19.1 Å². The zero-order valence-corrected chi connectivity index (χ0v) is 14.5. The second-order valence-electron chi connectivity index (χ2n) is 5.45. The van der Waals surface area contributed by atoms with Crippen molar-refractivity contribution >= 4 is 5.91 Å². The molecule has 0 aliphatic rings. The van der Waals surface area contributed by atoms with Crippen LogP contribution in [0.3, 0.4) is 0 Å². The van der Waals surface area contributed by atoms with E-state index in [-0.39, 0.29) is 5.91 Å². The van der Waals surface area contributed by atoms with Crippen LogP contribution >= 0.6 is 0 Å². The summed E-state index contributed by atoms with van der Waals surface area (Å²) in [5.74, 6) is 1.79. The molecule has 5 nitrogen and oxygen atoms in total. The zero-order chi connectivity index (χ0) is 17.5. The van der Waals surface area contributed by atoms with E-state index in [1.165, 1.54) is 5.56 Å². The Morgan fingerprint density at radius 3 is 2.29 bits per heavy atom. The van der Waals surface area contributed by atoms with E-state index in [0.29, 0.717) is 30.2 Å². The third-order valence-corrected chi connectivity index (χ3v) is 3.70. The maximum atomic E-state index is 12.6. The summed E-state index contributed by atoms with van der Waals surface area (Å²) in [5.41, 5.74) is 1.65. The third-order valence-electron chi connectivity index (χ3n) is 3.70. The van der Waals surface area contributed by atoms with Gasteiger partial charge >= 0.3 is 0 Å². The number of aryl methyl sites for hydroxylation is 1. The van der Waals surface area contributed by atoms with Gasteiger partial charge in [0.25, 0.3) is 5.91 Å². The third kappa shape index (κ3) is 4.41. The van der Waals surface area contributed by atoms with Crippen molar-refractivity contribution in [2.24, 2.45) is 0 Å². The number of carbonyl (C=O) groups is 1. The van der Waals surface area contributed by atoms with Gasteiger partial charge in [-0.05, 0) is 37.3 Å². The highest BCUT2D eigenvalue weighted by Crippen LogP contribution is 2.25. The van der Waals surface area contributed by atoms with Crippen LogP contribution in [-0.2, 0) is 0 Å². The molecule has 2 rings (SSSR count). The van der Waals surface area contributed by atoms with Crippen LogP contribution in [0.5, 0.6) is 17.2 Å². The number of rotatable bonds is 7. The molecule has 0 spiro atoms. The molecule has 5 heteroatoms. The fourth-order valence-corrected chi connectivity index (χ4v) is 2.22. The maximum Gasteiger partial charge on any atom is 0.257 e. The highest BCUT2D eigenvalue weighted by molar-refractivity contribution is 5.97. The summed E-state index contributed by atoms with van der Waals surface area (Å²) in [6.07, 6.45) is 0. The lowest BCUT2D eigenvalue weighted by Gasteiger charge is -2.19. The van der Waals surface area contributed by atoms with Crippen molar-refractivity contribution in [2.75, 3.05) is 34.4 Å². The number of benzene rings is 2. The van der Waals surface area contributed by atoms with Crippen LogP contribution in [0.15, 0.2) is 42.5 Å². The van der Waals surface area contributed by atoms with Gasteiger partial charge in [0.2, 0.25) is 0 Å². The Bertz CT molecular complexity index is 682. The molecule has 0 heterocycles. The highest BCUT2D eigenvalue weighted by atomic mass is 16.5. The maximum absolute atomic E-state index is 12.6. The summed E-state index contributed by atoms with van der Waals surface area (Å²) >= 11 is 0. The number of ether oxygens (including phenoxy) is 3. The molecular formula is C19H23NO4. The van der Waals surface area contributed by atoms with Crippen LogP contribution in [-0.4, -0.2) is 45.2 Å². The first-order valence-corrected chi connectivity index (χ1v) is 7.72. The Morgan fingerprint density at radius 2 is 1.67 bits per heavy atom. The minimum absolute atomic E-state index is 0.141. The molecule has 0 aliphatic heterocycles. The molecule has 2 aromatic carbocycles. The van der Waals surface area contributed by atoms with E-state index >= 15 is 0 Å². The van der Waals surface area contributed by atoms with Gasteiger partial charge in [0.05, 0.1) is 26.3 Å². The Hall–Kier alpha value is -2.69. The molecule has 0 atom stereocenters. The Labute approximate surface area is 142 Å². The summed E-state index contributed by atoms with van der Waals surface area (Å²) in [6.45, 7) is 2.91. The fourth-order valence-electron chi connectivity index (χ4n) is 2.22. The number of hydrogen-bond donors (Lipinski definition) is 0. The molecular weight excluding hydrogens is 306 g/mol. The standard InChI is InChI=1S/C19H23NO4/c1-14-5-7-15(8-6-14)24-12-11-20(2)19(21)17-13-16(22-3)9-10-18(17)23-4/h5-10,13H,11-12H2,1-4H3. The van der Waals surface area contributed by atoms with Crippen LogP contribution in [0.4, 0.5) is 0 Å². The van der Waals surface area contributed by atoms with E-state index in [1.807, 2.05) is 31.2 Å². The van der Waals surface area contributed by atoms with E-state index in [1.54, 1.807) is 44.4 Å². The Balaban J connectivity index is 1.97. The lowest BCUT2D eigenvalue weighted by Crippen LogP contribution is -2.31. The number of likely N-dealkylation sites (N-methyl/N-ethyl adjacent to an activating group) is 1.